The third-order valence-corrected chi connectivity index (χ3v) is 5.98. The molecule has 7 heteroatoms. The molecule has 0 atom stereocenters. The maximum absolute atomic E-state index is 5.29. The molecule has 0 amide bonds. The van der Waals surface area contributed by atoms with E-state index >= 15 is 0 Å². The van der Waals surface area contributed by atoms with Gasteiger partial charge in [0.05, 0.1) is 11.4 Å². The van der Waals surface area contributed by atoms with Crippen molar-refractivity contribution in [2.24, 2.45) is 10.4 Å². The van der Waals surface area contributed by atoms with Gasteiger partial charge in [-0.05, 0) is 50.7 Å². The zero-order valence-corrected chi connectivity index (χ0v) is 20.3. The smallest absolute Gasteiger partial charge is 0.191 e. The van der Waals surface area contributed by atoms with Crippen LogP contribution in [-0.2, 0) is 11.3 Å². The molecule has 2 aromatic rings. The predicted octanol–water partition coefficient (Wildman–Crippen LogP) is 3.98. The van der Waals surface area contributed by atoms with Gasteiger partial charge in [-0.3, -0.25) is 4.99 Å². The molecule has 1 aliphatic carbocycles. The Morgan fingerprint density at radius 3 is 2.52 bits per heavy atom. The molecular formula is C22H34IN5O. The minimum atomic E-state index is 0. The Bertz CT molecular complexity index is 799. The molecule has 29 heavy (non-hydrogen) atoms. The first-order chi connectivity index (χ1) is 13.6. The summed E-state index contributed by atoms with van der Waals surface area (Å²) in [4.78, 5) is 4.41. The third kappa shape index (κ3) is 5.72. The molecule has 0 bridgehead atoms. The van der Waals surface area contributed by atoms with Crippen LogP contribution < -0.4 is 10.6 Å². The quantitative estimate of drug-likeness (QED) is 0.320. The normalized spacial score (nSPS) is 15.4. The van der Waals surface area contributed by atoms with Crippen molar-refractivity contribution in [2.75, 3.05) is 27.3 Å². The van der Waals surface area contributed by atoms with Crippen LogP contribution in [0.15, 0.2) is 35.3 Å². The Morgan fingerprint density at radius 1 is 1.21 bits per heavy atom. The molecule has 3 rings (SSSR count). The summed E-state index contributed by atoms with van der Waals surface area (Å²) in [7, 11) is 3.60. The van der Waals surface area contributed by atoms with E-state index in [1.807, 2.05) is 29.9 Å². The minimum absolute atomic E-state index is 0. The van der Waals surface area contributed by atoms with Gasteiger partial charge in [-0.25, -0.2) is 4.68 Å². The van der Waals surface area contributed by atoms with Crippen LogP contribution in [0, 0.1) is 19.3 Å². The van der Waals surface area contributed by atoms with E-state index in [0.717, 1.165) is 42.6 Å². The number of hydrogen-bond acceptors (Lipinski definition) is 3. The number of aryl methyl sites for hydroxylation is 1. The van der Waals surface area contributed by atoms with Gasteiger partial charge >= 0.3 is 0 Å². The van der Waals surface area contributed by atoms with Crippen LogP contribution in [-0.4, -0.2) is 43.0 Å². The van der Waals surface area contributed by atoms with Crippen molar-refractivity contribution < 1.29 is 4.74 Å². The number of benzene rings is 1. The lowest BCUT2D eigenvalue weighted by molar-refractivity contribution is 0.0732. The molecule has 0 spiro atoms. The zero-order chi connectivity index (χ0) is 20.0. The first kappa shape index (κ1) is 23.7. The van der Waals surface area contributed by atoms with E-state index < -0.39 is 0 Å². The number of halogens is 1. The molecule has 160 valence electrons. The molecule has 1 fully saturated rings. The van der Waals surface area contributed by atoms with Gasteiger partial charge in [0.1, 0.15) is 0 Å². The summed E-state index contributed by atoms with van der Waals surface area (Å²) < 4.78 is 7.30. The molecular weight excluding hydrogens is 477 g/mol. The monoisotopic (exact) mass is 511 g/mol. The Labute approximate surface area is 191 Å². The Kier molecular flexibility index (Phi) is 8.95. The second-order valence-electron chi connectivity index (χ2n) is 7.77. The summed E-state index contributed by atoms with van der Waals surface area (Å²) in [6, 6.07) is 10.3. The molecule has 1 heterocycles. The molecule has 6 nitrogen and oxygen atoms in total. The van der Waals surface area contributed by atoms with Crippen LogP contribution in [0.4, 0.5) is 0 Å². The number of rotatable bonds is 8. The van der Waals surface area contributed by atoms with E-state index in [0.29, 0.717) is 12.0 Å². The largest absolute Gasteiger partial charge is 0.385 e. The van der Waals surface area contributed by atoms with Crippen LogP contribution in [0.5, 0.6) is 0 Å². The van der Waals surface area contributed by atoms with Crippen molar-refractivity contribution in [2.45, 2.75) is 46.1 Å². The summed E-state index contributed by atoms with van der Waals surface area (Å²) in [5.74, 6) is 0.843. The predicted molar refractivity (Wildman–Crippen MR) is 129 cm³/mol. The molecule has 1 saturated carbocycles. The molecule has 1 aromatic carbocycles. The van der Waals surface area contributed by atoms with Crippen LogP contribution in [0.3, 0.4) is 0 Å². The molecule has 2 N–H and O–H groups in total. The van der Waals surface area contributed by atoms with Crippen molar-refractivity contribution in [1.29, 1.82) is 0 Å². The average molecular weight is 511 g/mol. The zero-order valence-electron chi connectivity index (χ0n) is 18.0. The summed E-state index contributed by atoms with van der Waals surface area (Å²) in [6.45, 7) is 6.65. The van der Waals surface area contributed by atoms with Crippen molar-refractivity contribution >= 4 is 29.9 Å². The second-order valence-corrected chi connectivity index (χ2v) is 7.77. The Balaban J connectivity index is 0.00000300. The summed E-state index contributed by atoms with van der Waals surface area (Å²) in [5, 5.41) is 11.7. The summed E-state index contributed by atoms with van der Waals surface area (Å²) in [5.41, 5.74) is 4.85. The molecule has 1 aliphatic rings. The fraction of sp³-hybridized carbons (Fsp3) is 0.545. The second kappa shape index (κ2) is 11.0. The van der Waals surface area contributed by atoms with E-state index in [-0.39, 0.29) is 24.0 Å². The van der Waals surface area contributed by atoms with E-state index in [4.69, 9.17) is 9.84 Å². The number of hydrogen-bond donors (Lipinski definition) is 2. The van der Waals surface area contributed by atoms with Crippen molar-refractivity contribution in [3.63, 3.8) is 0 Å². The maximum atomic E-state index is 5.29. The van der Waals surface area contributed by atoms with E-state index in [2.05, 4.69) is 41.6 Å². The first-order valence-corrected chi connectivity index (χ1v) is 10.1. The number of ether oxygens (including phenoxy) is 1. The number of aliphatic imine (C=N–C) groups is 1. The van der Waals surface area contributed by atoms with Gasteiger partial charge in [0, 0.05) is 45.1 Å². The molecule has 1 aromatic heterocycles. The first-order valence-electron chi connectivity index (χ1n) is 10.1. The van der Waals surface area contributed by atoms with E-state index in [9.17, 15) is 0 Å². The van der Waals surface area contributed by atoms with Gasteiger partial charge in [-0.2, -0.15) is 5.10 Å². The van der Waals surface area contributed by atoms with E-state index in [1.54, 1.807) is 7.11 Å². The van der Waals surface area contributed by atoms with Gasteiger partial charge in [-0.15, -0.1) is 24.0 Å². The third-order valence-electron chi connectivity index (χ3n) is 5.98. The van der Waals surface area contributed by atoms with Crippen molar-refractivity contribution in [3.8, 4) is 5.69 Å². The minimum Gasteiger partial charge on any atom is -0.385 e. The number of aromatic nitrogens is 2. The molecule has 0 aliphatic heterocycles. The number of nitrogens with one attached hydrogen (secondary N) is 2. The molecule has 0 unspecified atom stereocenters. The Morgan fingerprint density at radius 2 is 1.93 bits per heavy atom. The fourth-order valence-corrected chi connectivity index (χ4v) is 3.93. The van der Waals surface area contributed by atoms with Gasteiger partial charge in [-0.1, -0.05) is 24.6 Å². The molecule has 0 saturated heterocycles. The van der Waals surface area contributed by atoms with Crippen LogP contribution in [0.1, 0.15) is 42.6 Å². The van der Waals surface area contributed by atoms with Crippen LogP contribution >= 0.6 is 24.0 Å². The number of para-hydroxylation sites is 1. The van der Waals surface area contributed by atoms with Crippen molar-refractivity contribution in [3.05, 3.63) is 47.3 Å². The molecule has 0 radical (unpaired) electrons. The number of methoxy groups -OCH3 is 1. The maximum Gasteiger partial charge on any atom is 0.191 e. The lowest BCUT2D eigenvalue weighted by Crippen LogP contribution is -2.46. The summed E-state index contributed by atoms with van der Waals surface area (Å²) in [6.07, 6.45) is 4.95. The van der Waals surface area contributed by atoms with E-state index in [1.165, 1.54) is 24.8 Å². The highest BCUT2D eigenvalue weighted by atomic mass is 127. The number of guanidine groups is 1. The highest BCUT2D eigenvalue weighted by Crippen LogP contribution is 2.43. The average Bonchev–Trinajstić information content (AvgIpc) is 2.97. The van der Waals surface area contributed by atoms with Gasteiger partial charge in [0.2, 0.25) is 0 Å². The topological polar surface area (TPSA) is 63.5 Å². The highest BCUT2D eigenvalue weighted by Gasteiger charge is 2.36. The number of nitrogens with zero attached hydrogens (tertiary/aromatic N) is 3. The fourth-order valence-electron chi connectivity index (χ4n) is 3.93. The van der Waals surface area contributed by atoms with Crippen LogP contribution in [0.25, 0.3) is 5.69 Å². The Hall–Kier alpha value is -1.61. The standard InChI is InChI=1S/C22H33N5O.HI/c1-17-20(18(2)27(26-17)19-9-6-5-7-10-19)15-24-21(23-3)25-16-22(11-8-12-22)13-14-28-4;/h5-7,9-10H,8,11-16H2,1-4H3,(H2,23,24,25);1H. The van der Waals surface area contributed by atoms with Gasteiger partial charge in [0.15, 0.2) is 5.96 Å². The highest BCUT2D eigenvalue weighted by molar-refractivity contribution is 14.0. The lowest BCUT2D eigenvalue weighted by atomic mass is 9.67. The van der Waals surface area contributed by atoms with Gasteiger partial charge in [0.25, 0.3) is 0 Å². The van der Waals surface area contributed by atoms with Crippen molar-refractivity contribution in [1.82, 2.24) is 20.4 Å². The summed E-state index contributed by atoms with van der Waals surface area (Å²) >= 11 is 0. The van der Waals surface area contributed by atoms with Crippen LogP contribution in [0.2, 0.25) is 0 Å². The van der Waals surface area contributed by atoms with Gasteiger partial charge < -0.3 is 15.4 Å². The lowest BCUT2D eigenvalue weighted by Gasteiger charge is -2.42. The SMILES string of the molecule is CN=C(NCc1c(C)nn(-c2ccccc2)c1C)NCC1(CCOC)CCC1.I.